The Balaban J connectivity index is 2.02. The monoisotopic (exact) mass is 470 g/mol. The van der Waals surface area contributed by atoms with E-state index in [4.69, 9.17) is 10.5 Å². The number of nitro groups is 1. The number of hydrogen-bond acceptors (Lipinski definition) is 3. The van der Waals surface area contributed by atoms with Crippen molar-refractivity contribution in [3.63, 3.8) is 0 Å². The number of allylic oxidation sites excluding steroid dienone is 1. The van der Waals surface area contributed by atoms with E-state index in [-0.39, 0.29) is 11.1 Å². The van der Waals surface area contributed by atoms with Crippen LogP contribution in [0.3, 0.4) is 0 Å². The summed E-state index contributed by atoms with van der Waals surface area (Å²) >= 11 is 0. The molecule has 0 fully saturated rings. The van der Waals surface area contributed by atoms with Crippen molar-refractivity contribution >= 4 is 17.1 Å². The average Bonchev–Trinajstić information content (AvgIpc) is 2.77. The highest BCUT2D eigenvalue weighted by molar-refractivity contribution is 6.00. The van der Waals surface area contributed by atoms with Crippen LogP contribution < -0.4 is 15.8 Å². The fraction of sp³-hybridized carbons (Fsp3) is 0.125. The molecule has 3 aromatic rings. The van der Waals surface area contributed by atoms with E-state index in [9.17, 15) is 23.3 Å². The molecule has 1 atom stereocenters. The third-order valence-electron chi connectivity index (χ3n) is 4.65. The second-order valence-electron chi connectivity index (χ2n) is 7.13. The Hall–Kier alpha value is -4.34. The van der Waals surface area contributed by atoms with Crippen molar-refractivity contribution in [2.75, 3.05) is 0 Å². The van der Waals surface area contributed by atoms with E-state index >= 15 is 0 Å². The molecule has 10 heteroatoms. The van der Waals surface area contributed by atoms with Gasteiger partial charge in [-0.15, -0.1) is 0 Å². The largest absolute Gasteiger partial charge is 0.471 e. The number of halogens is 3. The van der Waals surface area contributed by atoms with Crippen molar-refractivity contribution in [2.45, 2.75) is 19.3 Å². The molecule has 0 heterocycles. The second-order valence-corrected chi connectivity index (χ2v) is 7.13. The number of hydrazone groups is 1. The van der Waals surface area contributed by atoms with Crippen LogP contribution in [0.4, 0.5) is 13.2 Å². The van der Waals surface area contributed by atoms with E-state index in [1.54, 1.807) is 55.5 Å². The van der Waals surface area contributed by atoms with Gasteiger partial charge in [0.15, 0.2) is 11.3 Å². The molecule has 0 aliphatic carbocycles. The minimum absolute atomic E-state index is 0.0272. The van der Waals surface area contributed by atoms with Crippen LogP contribution in [0.2, 0.25) is 0 Å². The number of rotatable bonds is 7. The van der Waals surface area contributed by atoms with E-state index in [0.717, 1.165) is 0 Å². The summed E-state index contributed by atoms with van der Waals surface area (Å²) in [6.45, 7) is 1.54. The number of ether oxygens (including phenoxy) is 1. The number of hydrogen-bond donors (Lipinski definition) is 2. The van der Waals surface area contributed by atoms with Crippen LogP contribution in [0.5, 0.6) is 5.75 Å². The zero-order valence-electron chi connectivity index (χ0n) is 18.0. The van der Waals surface area contributed by atoms with Crippen molar-refractivity contribution in [1.82, 2.24) is 5.32 Å². The van der Waals surface area contributed by atoms with Crippen molar-refractivity contribution in [3.05, 3.63) is 112 Å². The molecule has 3 rings (SSSR count). The molecule has 0 bridgehead atoms. The molecular formula is C24H21F3N4O3. The fourth-order valence-corrected chi connectivity index (χ4v) is 3.37. The molecule has 0 aromatic heterocycles. The summed E-state index contributed by atoms with van der Waals surface area (Å²) in [7, 11) is 0. The summed E-state index contributed by atoms with van der Waals surface area (Å²) < 4.78 is 48.6. The van der Waals surface area contributed by atoms with Gasteiger partial charge in [-0.2, -0.15) is 13.2 Å². The lowest BCUT2D eigenvalue weighted by molar-refractivity contribution is -0.485. The van der Waals surface area contributed by atoms with Crippen LogP contribution in [0, 0.1) is 10.1 Å². The quantitative estimate of drug-likeness (QED) is 0.126. The Bertz CT molecular complexity index is 1180. The molecule has 0 aliphatic heterocycles. The molecule has 3 aromatic carbocycles. The molecule has 3 N–H and O–H groups in total. The van der Waals surface area contributed by atoms with Crippen LogP contribution in [0.15, 0.2) is 90.0 Å². The Labute approximate surface area is 193 Å². The first-order valence-electron chi connectivity index (χ1n) is 10.1. The second kappa shape index (κ2) is 10.5. The maximum absolute atomic E-state index is 14.3. The first kappa shape index (κ1) is 24.3. The number of nitrogens with two attached hydrogens (primary N) is 1. The zero-order valence-corrected chi connectivity index (χ0v) is 18.0. The lowest BCUT2D eigenvalue weighted by atomic mass is 9.89. The Kier molecular flexibility index (Phi) is 7.52. The average molecular weight is 470 g/mol. The number of guanidine groups is 1. The third-order valence-corrected chi connectivity index (χ3v) is 4.65. The van der Waals surface area contributed by atoms with Crippen molar-refractivity contribution in [3.8, 4) is 5.75 Å². The van der Waals surface area contributed by atoms with Crippen molar-refractivity contribution in [1.29, 1.82) is 0 Å². The van der Waals surface area contributed by atoms with E-state index in [1.165, 1.54) is 36.4 Å². The summed E-state index contributed by atoms with van der Waals surface area (Å²) in [5, 5.41) is 14.8. The van der Waals surface area contributed by atoms with Crippen molar-refractivity contribution in [2.24, 2.45) is 10.8 Å². The SMILES string of the molecule is CC(N/C(N)=N\[N+](=O)[O-])Oc1ccc(/C(=C(\c2ccccc2)C(F)(F)F)c2ccccc2)cc1. The molecule has 176 valence electrons. The van der Waals surface area contributed by atoms with Crippen LogP contribution in [0.25, 0.3) is 11.1 Å². The molecular weight excluding hydrogens is 449 g/mol. The summed E-state index contributed by atoms with van der Waals surface area (Å²) in [4.78, 5) is 10.4. The number of benzene rings is 3. The van der Waals surface area contributed by atoms with Gasteiger partial charge in [-0.3, -0.25) is 0 Å². The van der Waals surface area contributed by atoms with E-state index in [1.807, 2.05) is 0 Å². The molecule has 0 spiro atoms. The maximum Gasteiger partial charge on any atom is 0.417 e. The Morgan fingerprint density at radius 3 is 1.94 bits per heavy atom. The lowest BCUT2D eigenvalue weighted by Gasteiger charge is -2.20. The van der Waals surface area contributed by atoms with Gasteiger partial charge in [0.2, 0.25) is 0 Å². The van der Waals surface area contributed by atoms with Crippen LogP contribution in [-0.4, -0.2) is 23.4 Å². The molecule has 0 aliphatic rings. The molecule has 0 radical (unpaired) electrons. The van der Waals surface area contributed by atoms with Crippen LogP contribution in [-0.2, 0) is 0 Å². The predicted molar refractivity (Wildman–Crippen MR) is 123 cm³/mol. The van der Waals surface area contributed by atoms with E-state index in [2.05, 4.69) is 10.4 Å². The summed E-state index contributed by atoms with van der Waals surface area (Å²) in [5.41, 5.74) is 5.46. The van der Waals surface area contributed by atoms with Gasteiger partial charge in [0.05, 0.1) is 5.57 Å². The number of nitrogens with zero attached hydrogens (tertiary/aromatic N) is 2. The molecule has 0 saturated heterocycles. The van der Waals surface area contributed by atoms with Gasteiger partial charge in [0.1, 0.15) is 10.9 Å². The minimum Gasteiger partial charge on any atom is -0.471 e. The molecule has 7 nitrogen and oxygen atoms in total. The normalized spacial score (nSPS) is 13.6. The smallest absolute Gasteiger partial charge is 0.417 e. The van der Waals surface area contributed by atoms with E-state index < -0.39 is 29.0 Å². The lowest BCUT2D eigenvalue weighted by Crippen LogP contribution is -2.41. The number of alkyl halides is 3. The van der Waals surface area contributed by atoms with Crippen molar-refractivity contribution < 1.29 is 22.9 Å². The van der Waals surface area contributed by atoms with Gasteiger partial charge in [-0.25, -0.2) is 10.1 Å². The first-order chi connectivity index (χ1) is 16.1. The molecule has 0 amide bonds. The maximum atomic E-state index is 14.3. The summed E-state index contributed by atoms with van der Waals surface area (Å²) in [6, 6.07) is 22.0. The summed E-state index contributed by atoms with van der Waals surface area (Å²) in [5.74, 6) is -0.126. The van der Waals surface area contributed by atoms with Crippen LogP contribution >= 0.6 is 0 Å². The predicted octanol–water partition coefficient (Wildman–Crippen LogP) is 5.03. The van der Waals surface area contributed by atoms with Gasteiger partial charge in [-0.1, -0.05) is 72.8 Å². The van der Waals surface area contributed by atoms with Gasteiger partial charge in [0, 0.05) is 5.57 Å². The highest BCUT2D eigenvalue weighted by Gasteiger charge is 2.38. The Morgan fingerprint density at radius 2 is 1.44 bits per heavy atom. The van der Waals surface area contributed by atoms with Gasteiger partial charge in [0.25, 0.3) is 5.96 Å². The molecule has 0 saturated carbocycles. The van der Waals surface area contributed by atoms with Crippen LogP contribution in [0.1, 0.15) is 23.6 Å². The Morgan fingerprint density at radius 1 is 0.941 bits per heavy atom. The topological polar surface area (TPSA) is 103 Å². The first-order valence-corrected chi connectivity index (χ1v) is 10.1. The van der Waals surface area contributed by atoms with Gasteiger partial charge in [-0.05, 0) is 35.7 Å². The molecule has 34 heavy (non-hydrogen) atoms. The van der Waals surface area contributed by atoms with Gasteiger partial charge < -0.3 is 15.8 Å². The molecule has 1 unspecified atom stereocenters. The highest BCUT2D eigenvalue weighted by Crippen LogP contribution is 2.42. The van der Waals surface area contributed by atoms with E-state index in [0.29, 0.717) is 16.9 Å². The number of nitrogens with one attached hydrogen (secondary N) is 1. The standard InChI is InChI=1S/C24H21F3N4O3/c1-16(29-23(28)30-31(32)33)34-20-14-12-18(13-15-20)21(17-8-4-2-5-9-17)22(24(25,26)27)19-10-6-3-7-11-19/h2-16H,1H3,(H3,28,29,30)/b22-21+. The van der Waals surface area contributed by atoms with Gasteiger partial charge >= 0.3 is 6.18 Å². The zero-order chi connectivity index (χ0) is 24.7. The fourth-order valence-electron chi connectivity index (χ4n) is 3.37. The highest BCUT2D eigenvalue weighted by atomic mass is 19.4. The third kappa shape index (κ3) is 6.35. The minimum atomic E-state index is -4.62. The summed E-state index contributed by atoms with van der Waals surface area (Å²) in [6.07, 6.45) is -5.40.